The van der Waals surface area contributed by atoms with Crippen molar-refractivity contribution in [2.45, 2.75) is 18.9 Å². The summed E-state index contributed by atoms with van der Waals surface area (Å²) in [6.45, 7) is 3.17. The number of nitriles is 1. The van der Waals surface area contributed by atoms with Gasteiger partial charge in [0.05, 0.1) is 11.6 Å². The third-order valence-corrected chi connectivity index (χ3v) is 4.04. The van der Waals surface area contributed by atoms with Crippen LogP contribution in [-0.4, -0.2) is 18.0 Å². The molecule has 1 aliphatic rings. The highest BCUT2D eigenvalue weighted by atomic mass is 15.1. The van der Waals surface area contributed by atoms with Gasteiger partial charge in [-0.3, -0.25) is 4.90 Å². The van der Waals surface area contributed by atoms with Gasteiger partial charge in [0, 0.05) is 13.1 Å². The number of benzene rings is 2. The topological polar surface area (TPSA) is 27.0 Å². The Morgan fingerprint density at radius 3 is 2.60 bits per heavy atom. The summed E-state index contributed by atoms with van der Waals surface area (Å²) in [4.78, 5) is 2.48. The van der Waals surface area contributed by atoms with Crippen LogP contribution in [0.1, 0.15) is 29.0 Å². The molecule has 1 heterocycles. The predicted molar refractivity (Wildman–Crippen MR) is 80.2 cm³/mol. The summed E-state index contributed by atoms with van der Waals surface area (Å²) >= 11 is 0. The summed E-state index contributed by atoms with van der Waals surface area (Å²) in [6, 6.07) is 20.9. The van der Waals surface area contributed by atoms with Crippen molar-refractivity contribution in [2.24, 2.45) is 0 Å². The van der Waals surface area contributed by atoms with Gasteiger partial charge in [0.15, 0.2) is 0 Å². The molecule has 0 aromatic heterocycles. The van der Waals surface area contributed by atoms with Crippen molar-refractivity contribution < 1.29 is 0 Å². The molecule has 2 heteroatoms. The summed E-state index contributed by atoms with van der Waals surface area (Å²) in [5.41, 5.74) is 3.41. The van der Waals surface area contributed by atoms with Crippen LogP contribution in [0.5, 0.6) is 0 Å². The molecule has 100 valence electrons. The minimum Gasteiger partial charge on any atom is -0.298 e. The maximum Gasteiger partial charge on any atom is 0.0994 e. The van der Waals surface area contributed by atoms with E-state index < -0.39 is 0 Å². The molecule has 1 aliphatic heterocycles. The van der Waals surface area contributed by atoms with Crippen molar-refractivity contribution in [2.75, 3.05) is 13.1 Å². The molecule has 0 saturated carbocycles. The van der Waals surface area contributed by atoms with Crippen LogP contribution in [0.2, 0.25) is 0 Å². The second-order valence-electron chi connectivity index (χ2n) is 5.41. The first-order valence-corrected chi connectivity index (χ1v) is 7.12. The predicted octanol–water partition coefficient (Wildman–Crippen LogP) is 3.55. The average molecular weight is 262 g/mol. The van der Waals surface area contributed by atoms with E-state index in [9.17, 15) is 5.26 Å². The van der Waals surface area contributed by atoms with E-state index in [1.807, 2.05) is 18.2 Å². The third-order valence-electron chi connectivity index (χ3n) is 4.04. The fraction of sp³-hybridized carbons (Fsp3) is 0.278. The number of hydrogen-bond acceptors (Lipinski definition) is 2. The van der Waals surface area contributed by atoms with Crippen LogP contribution in [0.15, 0.2) is 54.6 Å². The number of hydrogen-bond donors (Lipinski definition) is 0. The SMILES string of the molecule is N#Cc1ccccc1C1CCN(Cc2ccccc2)C1. The van der Waals surface area contributed by atoms with E-state index in [0.29, 0.717) is 5.92 Å². The lowest BCUT2D eigenvalue weighted by Crippen LogP contribution is -2.19. The zero-order valence-corrected chi connectivity index (χ0v) is 11.5. The summed E-state index contributed by atoms with van der Waals surface area (Å²) < 4.78 is 0. The van der Waals surface area contributed by atoms with Crippen molar-refractivity contribution in [1.82, 2.24) is 4.90 Å². The molecule has 0 aliphatic carbocycles. The van der Waals surface area contributed by atoms with Crippen molar-refractivity contribution in [3.63, 3.8) is 0 Å². The molecule has 0 radical (unpaired) electrons. The van der Waals surface area contributed by atoms with Gasteiger partial charge in [-0.25, -0.2) is 0 Å². The normalized spacial score (nSPS) is 18.9. The monoisotopic (exact) mass is 262 g/mol. The zero-order valence-electron chi connectivity index (χ0n) is 11.5. The minimum atomic E-state index is 0.495. The van der Waals surface area contributed by atoms with E-state index in [4.69, 9.17) is 0 Å². The molecular weight excluding hydrogens is 244 g/mol. The van der Waals surface area contributed by atoms with Gasteiger partial charge in [-0.15, -0.1) is 0 Å². The largest absolute Gasteiger partial charge is 0.298 e. The van der Waals surface area contributed by atoms with Gasteiger partial charge in [-0.1, -0.05) is 48.5 Å². The van der Waals surface area contributed by atoms with Gasteiger partial charge in [0.2, 0.25) is 0 Å². The van der Waals surface area contributed by atoms with Crippen molar-refractivity contribution in [3.8, 4) is 6.07 Å². The summed E-state index contributed by atoms with van der Waals surface area (Å²) in [5, 5.41) is 9.22. The molecule has 0 bridgehead atoms. The van der Waals surface area contributed by atoms with Gasteiger partial charge in [0.1, 0.15) is 0 Å². The molecule has 3 rings (SSSR count). The Morgan fingerprint density at radius 2 is 1.80 bits per heavy atom. The molecule has 20 heavy (non-hydrogen) atoms. The number of nitrogens with zero attached hydrogens (tertiary/aromatic N) is 2. The first kappa shape index (κ1) is 12.9. The molecule has 2 nitrogen and oxygen atoms in total. The summed E-state index contributed by atoms with van der Waals surface area (Å²) in [5.74, 6) is 0.495. The van der Waals surface area contributed by atoms with Crippen molar-refractivity contribution >= 4 is 0 Å². The Morgan fingerprint density at radius 1 is 1.05 bits per heavy atom. The second kappa shape index (κ2) is 5.90. The smallest absolute Gasteiger partial charge is 0.0994 e. The van der Waals surface area contributed by atoms with E-state index >= 15 is 0 Å². The van der Waals surface area contributed by atoms with Crippen LogP contribution >= 0.6 is 0 Å². The molecule has 2 aromatic rings. The lowest BCUT2D eigenvalue weighted by atomic mass is 9.94. The highest BCUT2D eigenvalue weighted by Gasteiger charge is 2.25. The van der Waals surface area contributed by atoms with E-state index in [-0.39, 0.29) is 0 Å². The van der Waals surface area contributed by atoms with Gasteiger partial charge in [0.25, 0.3) is 0 Å². The maximum atomic E-state index is 9.22. The highest BCUT2D eigenvalue weighted by molar-refractivity contribution is 5.40. The zero-order chi connectivity index (χ0) is 13.8. The molecule has 2 aromatic carbocycles. The Balaban J connectivity index is 1.69. The van der Waals surface area contributed by atoms with E-state index in [1.54, 1.807) is 0 Å². The number of rotatable bonds is 3. The Bertz CT molecular complexity index is 613. The van der Waals surface area contributed by atoms with Crippen LogP contribution in [0.4, 0.5) is 0 Å². The van der Waals surface area contributed by atoms with Gasteiger partial charge in [-0.05, 0) is 36.1 Å². The van der Waals surface area contributed by atoms with Crippen LogP contribution in [-0.2, 0) is 6.54 Å². The summed E-state index contributed by atoms with van der Waals surface area (Å²) in [7, 11) is 0. The van der Waals surface area contributed by atoms with E-state index in [1.165, 1.54) is 11.1 Å². The first-order chi connectivity index (χ1) is 9.86. The lowest BCUT2D eigenvalue weighted by Gasteiger charge is -2.16. The van der Waals surface area contributed by atoms with Gasteiger partial charge in [-0.2, -0.15) is 5.26 Å². The molecular formula is C18H18N2. The molecule has 0 amide bonds. The van der Waals surface area contributed by atoms with Crippen molar-refractivity contribution in [3.05, 3.63) is 71.3 Å². The Hall–Kier alpha value is -2.11. The molecule has 1 atom stereocenters. The number of likely N-dealkylation sites (tertiary alicyclic amines) is 1. The van der Waals surface area contributed by atoms with Crippen LogP contribution in [0.25, 0.3) is 0 Å². The Kier molecular flexibility index (Phi) is 3.80. The van der Waals surface area contributed by atoms with Gasteiger partial charge >= 0.3 is 0 Å². The van der Waals surface area contributed by atoms with Crippen LogP contribution in [0.3, 0.4) is 0 Å². The maximum absolute atomic E-state index is 9.22. The molecule has 0 N–H and O–H groups in total. The van der Waals surface area contributed by atoms with E-state index in [0.717, 1.165) is 31.6 Å². The van der Waals surface area contributed by atoms with Crippen molar-refractivity contribution in [1.29, 1.82) is 5.26 Å². The standard InChI is InChI=1S/C18H18N2/c19-12-16-8-4-5-9-18(16)17-10-11-20(14-17)13-15-6-2-1-3-7-15/h1-9,17H,10-11,13-14H2. The fourth-order valence-electron chi connectivity index (χ4n) is 3.03. The Labute approximate surface area is 120 Å². The minimum absolute atomic E-state index is 0.495. The molecule has 1 unspecified atom stereocenters. The van der Waals surface area contributed by atoms with Gasteiger partial charge < -0.3 is 0 Å². The van der Waals surface area contributed by atoms with E-state index in [2.05, 4.69) is 47.4 Å². The van der Waals surface area contributed by atoms with Crippen LogP contribution < -0.4 is 0 Å². The quantitative estimate of drug-likeness (QED) is 0.846. The lowest BCUT2D eigenvalue weighted by molar-refractivity contribution is 0.327. The highest BCUT2D eigenvalue weighted by Crippen LogP contribution is 2.30. The van der Waals surface area contributed by atoms with Crippen LogP contribution in [0, 0.1) is 11.3 Å². The first-order valence-electron chi connectivity index (χ1n) is 7.12. The summed E-state index contributed by atoms with van der Waals surface area (Å²) in [6.07, 6.45) is 1.14. The molecule has 1 saturated heterocycles. The molecule has 0 spiro atoms. The second-order valence-corrected chi connectivity index (χ2v) is 5.41. The third kappa shape index (κ3) is 2.74. The average Bonchev–Trinajstić information content (AvgIpc) is 2.96. The molecule has 1 fully saturated rings. The fourth-order valence-corrected chi connectivity index (χ4v) is 3.03.